The zero-order chi connectivity index (χ0) is 29.7. The molecule has 0 saturated carbocycles. The van der Waals surface area contributed by atoms with Crippen molar-refractivity contribution in [3.63, 3.8) is 0 Å². The van der Waals surface area contributed by atoms with E-state index in [2.05, 4.69) is 68.1 Å². The molecule has 0 fully saturated rings. The third-order valence-electron chi connectivity index (χ3n) is 7.33. The number of rotatable bonds is 12. The smallest absolute Gasteiger partial charge is 0.291 e. The number of benzene rings is 1. The maximum absolute atomic E-state index is 13.2. The van der Waals surface area contributed by atoms with E-state index in [1.54, 1.807) is 12.1 Å². The number of aromatic nitrogens is 2. The minimum atomic E-state index is -0.481. The van der Waals surface area contributed by atoms with Gasteiger partial charge >= 0.3 is 0 Å². The molecule has 1 aromatic carbocycles. The van der Waals surface area contributed by atoms with Crippen molar-refractivity contribution in [1.29, 1.82) is 5.26 Å². The van der Waals surface area contributed by atoms with Gasteiger partial charge < -0.3 is 28.8 Å². The number of amides is 1. The van der Waals surface area contributed by atoms with Crippen LogP contribution in [0.15, 0.2) is 28.7 Å². The van der Waals surface area contributed by atoms with E-state index < -0.39 is 5.91 Å². The topological polar surface area (TPSA) is 123 Å². The molecule has 2 aromatic heterocycles. The molecule has 0 radical (unpaired) electrons. The molecule has 4 rings (SSSR count). The molecule has 218 valence electrons. The SMILES string of the molecule is CCCCN(CCC#N)c1nc(OC)c(NC(=O)c2ccc(Cc3cc4c(cc3C)C(C)(C)OC4C)o2)c(OC)n1. The van der Waals surface area contributed by atoms with Gasteiger partial charge in [0.2, 0.25) is 17.7 Å². The number of carbonyl (C=O) groups excluding carboxylic acids is 1. The molecule has 1 unspecified atom stereocenters. The van der Waals surface area contributed by atoms with Crippen molar-refractivity contribution in [1.82, 2.24) is 9.97 Å². The van der Waals surface area contributed by atoms with E-state index in [9.17, 15) is 4.79 Å². The minimum absolute atomic E-state index is 0.0147. The summed E-state index contributed by atoms with van der Waals surface area (Å²) in [6, 6.07) is 9.98. The predicted molar refractivity (Wildman–Crippen MR) is 156 cm³/mol. The standard InChI is InChI=1S/C31H39N5O5/c1-8-9-14-36(15-10-13-32)30-34-28(38-6)26(29(35-30)39-7)33-27(37)25-12-11-22(40-25)17-21-18-23-20(3)41-31(4,5)24(23)16-19(21)2/h11-12,16,18,20H,8-10,14-15,17H2,1-7H3,(H,33,37). The normalized spacial score (nSPS) is 15.2. The molecule has 10 nitrogen and oxygen atoms in total. The lowest BCUT2D eigenvalue weighted by atomic mass is 9.89. The van der Waals surface area contributed by atoms with Crippen molar-refractivity contribution in [2.75, 3.05) is 37.5 Å². The summed E-state index contributed by atoms with van der Waals surface area (Å²) >= 11 is 0. The highest BCUT2D eigenvalue weighted by Gasteiger charge is 2.36. The highest BCUT2D eigenvalue weighted by atomic mass is 16.5. The van der Waals surface area contributed by atoms with Gasteiger partial charge in [-0.2, -0.15) is 15.2 Å². The Labute approximate surface area is 241 Å². The van der Waals surface area contributed by atoms with Crippen LogP contribution in [-0.4, -0.2) is 43.2 Å². The van der Waals surface area contributed by atoms with Crippen LogP contribution < -0.4 is 19.7 Å². The summed E-state index contributed by atoms with van der Waals surface area (Å²) in [5.41, 5.74) is 4.54. The Kier molecular flexibility index (Phi) is 9.18. The first-order valence-electron chi connectivity index (χ1n) is 14.0. The number of aryl methyl sites for hydroxylation is 1. The van der Waals surface area contributed by atoms with Crippen LogP contribution in [0.5, 0.6) is 11.8 Å². The average Bonchev–Trinajstić information content (AvgIpc) is 3.50. The van der Waals surface area contributed by atoms with Crippen molar-refractivity contribution < 1.29 is 23.4 Å². The van der Waals surface area contributed by atoms with Crippen LogP contribution in [-0.2, 0) is 16.8 Å². The maximum Gasteiger partial charge on any atom is 0.291 e. The number of ether oxygens (including phenoxy) is 3. The van der Waals surface area contributed by atoms with Gasteiger partial charge in [-0.15, -0.1) is 0 Å². The molecular formula is C31H39N5O5. The molecule has 1 atom stereocenters. The Morgan fingerprint density at radius 3 is 2.51 bits per heavy atom. The second kappa shape index (κ2) is 12.6. The fraction of sp³-hybridized carbons (Fsp3) is 0.484. The highest BCUT2D eigenvalue weighted by Crippen LogP contribution is 2.44. The number of methoxy groups -OCH3 is 2. The zero-order valence-corrected chi connectivity index (χ0v) is 25.0. The van der Waals surface area contributed by atoms with Gasteiger partial charge in [-0.25, -0.2) is 0 Å². The van der Waals surface area contributed by atoms with Crippen LogP contribution in [0.25, 0.3) is 0 Å². The molecule has 3 aromatic rings. The van der Waals surface area contributed by atoms with E-state index >= 15 is 0 Å². The number of nitriles is 1. The fourth-order valence-electron chi connectivity index (χ4n) is 5.15. The van der Waals surface area contributed by atoms with E-state index in [1.165, 1.54) is 25.3 Å². The van der Waals surface area contributed by atoms with E-state index in [4.69, 9.17) is 23.9 Å². The van der Waals surface area contributed by atoms with Crippen LogP contribution in [0.2, 0.25) is 0 Å². The molecule has 1 aliphatic rings. The first kappa shape index (κ1) is 29.9. The van der Waals surface area contributed by atoms with Gasteiger partial charge in [0.1, 0.15) is 5.76 Å². The number of hydrogen-bond donors (Lipinski definition) is 1. The third-order valence-corrected chi connectivity index (χ3v) is 7.33. The van der Waals surface area contributed by atoms with Gasteiger partial charge in [-0.05, 0) is 68.5 Å². The summed E-state index contributed by atoms with van der Waals surface area (Å²) in [5.74, 6) is 0.999. The molecule has 3 heterocycles. The summed E-state index contributed by atoms with van der Waals surface area (Å²) in [6.07, 6.45) is 2.77. The first-order valence-corrected chi connectivity index (χ1v) is 14.0. The molecule has 10 heteroatoms. The Balaban J connectivity index is 1.54. The monoisotopic (exact) mass is 561 g/mol. The van der Waals surface area contributed by atoms with Crippen molar-refractivity contribution in [2.45, 2.75) is 72.0 Å². The van der Waals surface area contributed by atoms with Crippen LogP contribution in [0.3, 0.4) is 0 Å². The van der Waals surface area contributed by atoms with Crippen LogP contribution in [0, 0.1) is 18.3 Å². The first-order chi connectivity index (χ1) is 19.6. The zero-order valence-electron chi connectivity index (χ0n) is 25.0. The van der Waals surface area contributed by atoms with E-state index in [-0.39, 0.29) is 34.9 Å². The van der Waals surface area contributed by atoms with E-state index in [0.29, 0.717) is 37.6 Å². The molecule has 1 aliphatic heterocycles. The van der Waals surface area contributed by atoms with Gasteiger partial charge in [0.05, 0.1) is 38.4 Å². The Hall–Kier alpha value is -4.10. The number of anilines is 2. The summed E-state index contributed by atoms with van der Waals surface area (Å²) in [4.78, 5) is 24.2. The van der Waals surface area contributed by atoms with Crippen molar-refractivity contribution in [2.24, 2.45) is 0 Å². The molecule has 0 spiro atoms. The number of hydrogen-bond acceptors (Lipinski definition) is 9. The molecule has 0 bridgehead atoms. The second-order valence-corrected chi connectivity index (χ2v) is 10.7. The molecule has 1 amide bonds. The highest BCUT2D eigenvalue weighted by molar-refractivity contribution is 6.03. The molecule has 0 aliphatic carbocycles. The average molecular weight is 562 g/mol. The van der Waals surface area contributed by atoms with E-state index in [1.807, 2.05) is 4.90 Å². The van der Waals surface area contributed by atoms with Crippen LogP contribution in [0.4, 0.5) is 11.6 Å². The molecular weight excluding hydrogens is 522 g/mol. The number of carbonyl (C=O) groups is 1. The second-order valence-electron chi connectivity index (χ2n) is 10.7. The quantitative estimate of drug-likeness (QED) is 0.280. The summed E-state index contributed by atoms with van der Waals surface area (Å²) < 4.78 is 23.1. The van der Waals surface area contributed by atoms with Crippen LogP contribution in [0.1, 0.15) is 91.6 Å². The number of unbranched alkanes of at least 4 members (excludes halogenated alkanes) is 1. The fourth-order valence-corrected chi connectivity index (χ4v) is 5.15. The van der Waals surface area contributed by atoms with E-state index in [0.717, 1.165) is 24.0 Å². The summed E-state index contributed by atoms with van der Waals surface area (Å²) in [7, 11) is 2.92. The third kappa shape index (κ3) is 6.46. The van der Waals surface area contributed by atoms with Gasteiger partial charge in [0.25, 0.3) is 5.91 Å². The lowest BCUT2D eigenvalue weighted by Crippen LogP contribution is -2.28. The molecule has 0 saturated heterocycles. The van der Waals surface area contributed by atoms with Gasteiger partial charge in [-0.3, -0.25) is 4.79 Å². The van der Waals surface area contributed by atoms with Crippen molar-refractivity contribution in [3.05, 3.63) is 58.0 Å². The summed E-state index contributed by atoms with van der Waals surface area (Å²) in [6.45, 7) is 11.6. The van der Waals surface area contributed by atoms with Gasteiger partial charge in [-0.1, -0.05) is 25.5 Å². The Morgan fingerprint density at radius 2 is 1.88 bits per heavy atom. The number of fused-ring (bicyclic) bond motifs is 1. The molecule has 1 N–H and O–H groups in total. The van der Waals surface area contributed by atoms with Crippen molar-refractivity contribution >= 4 is 17.5 Å². The minimum Gasteiger partial charge on any atom is -0.479 e. The largest absolute Gasteiger partial charge is 0.479 e. The van der Waals surface area contributed by atoms with Crippen molar-refractivity contribution in [3.8, 4) is 17.8 Å². The van der Waals surface area contributed by atoms with Crippen LogP contribution >= 0.6 is 0 Å². The lowest BCUT2D eigenvalue weighted by molar-refractivity contribution is -0.0435. The van der Waals surface area contributed by atoms with Gasteiger partial charge in [0, 0.05) is 19.5 Å². The Morgan fingerprint density at radius 1 is 1.17 bits per heavy atom. The number of nitrogens with one attached hydrogen (secondary N) is 1. The predicted octanol–water partition coefficient (Wildman–Crippen LogP) is 6.08. The van der Waals surface area contributed by atoms with Gasteiger partial charge in [0.15, 0.2) is 11.4 Å². The lowest BCUT2D eigenvalue weighted by Gasteiger charge is -2.23. The number of nitrogens with zero attached hydrogens (tertiary/aromatic N) is 4. The number of furan rings is 1. The molecule has 41 heavy (non-hydrogen) atoms. The summed E-state index contributed by atoms with van der Waals surface area (Å²) in [5, 5.41) is 11.9. The Bertz CT molecular complexity index is 1420. The maximum atomic E-state index is 13.2.